The molecule has 2 aliphatic rings. The van der Waals surface area contributed by atoms with Crippen LogP contribution in [0.5, 0.6) is 5.75 Å². The number of benzene rings is 2. The van der Waals surface area contributed by atoms with Crippen molar-refractivity contribution in [3.63, 3.8) is 0 Å². The van der Waals surface area contributed by atoms with Crippen LogP contribution in [0.2, 0.25) is 0 Å². The Balaban J connectivity index is 1.42. The second kappa shape index (κ2) is 10.5. The molecule has 2 unspecified atom stereocenters. The molecule has 5 nitrogen and oxygen atoms in total. The largest absolute Gasteiger partial charge is 0.491 e. The van der Waals surface area contributed by atoms with E-state index in [0.717, 1.165) is 24.2 Å². The lowest BCUT2D eigenvalue weighted by Crippen LogP contribution is -2.33. The predicted octanol–water partition coefficient (Wildman–Crippen LogP) is 5.62. The number of hydrogen-bond donors (Lipinski definition) is 1. The Kier molecular flexibility index (Phi) is 7.30. The molecule has 5 heteroatoms. The molecule has 0 radical (unpaired) electrons. The van der Waals surface area contributed by atoms with Gasteiger partial charge in [-0.15, -0.1) is 0 Å². The fourth-order valence-corrected chi connectivity index (χ4v) is 4.36. The highest BCUT2D eigenvalue weighted by molar-refractivity contribution is 5.84. The summed E-state index contributed by atoms with van der Waals surface area (Å²) in [4.78, 5) is 13.6. The first kappa shape index (κ1) is 22.9. The van der Waals surface area contributed by atoms with E-state index in [2.05, 4.69) is 60.5 Å². The summed E-state index contributed by atoms with van der Waals surface area (Å²) in [5, 5.41) is 9.28. The number of carbonyl (C=O) groups is 1. The molecular weight excluding hydrogens is 414 g/mol. The van der Waals surface area contributed by atoms with E-state index in [1.807, 2.05) is 24.3 Å². The van der Waals surface area contributed by atoms with Gasteiger partial charge in [-0.2, -0.15) is 0 Å². The van der Waals surface area contributed by atoms with Crippen molar-refractivity contribution in [3.8, 4) is 5.75 Å². The van der Waals surface area contributed by atoms with Gasteiger partial charge in [0.1, 0.15) is 12.4 Å². The summed E-state index contributed by atoms with van der Waals surface area (Å²) in [6, 6.07) is 16.3. The van der Waals surface area contributed by atoms with Gasteiger partial charge in [-0.1, -0.05) is 42.5 Å². The maximum absolute atomic E-state index is 11.3. The quantitative estimate of drug-likeness (QED) is 0.543. The predicted molar refractivity (Wildman–Crippen MR) is 132 cm³/mol. The smallest absolute Gasteiger partial charge is 0.333 e. The fraction of sp³-hybridized carbons (Fsp3) is 0.321. The van der Waals surface area contributed by atoms with E-state index >= 15 is 0 Å². The van der Waals surface area contributed by atoms with Gasteiger partial charge in [0.15, 0.2) is 6.10 Å². The van der Waals surface area contributed by atoms with E-state index in [9.17, 15) is 9.90 Å². The maximum Gasteiger partial charge on any atom is 0.333 e. The highest BCUT2D eigenvalue weighted by atomic mass is 16.5. The molecular formula is C28H31NO4. The molecule has 0 saturated heterocycles. The third-order valence-corrected chi connectivity index (χ3v) is 6.08. The molecule has 1 aliphatic carbocycles. The summed E-state index contributed by atoms with van der Waals surface area (Å²) in [6.07, 6.45) is 10.5. The molecule has 2 aromatic rings. The van der Waals surface area contributed by atoms with Gasteiger partial charge in [0.05, 0.1) is 6.04 Å². The van der Waals surface area contributed by atoms with Crippen molar-refractivity contribution >= 4 is 17.2 Å². The van der Waals surface area contributed by atoms with Crippen molar-refractivity contribution in [2.45, 2.75) is 45.3 Å². The van der Waals surface area contributed by atoms with Crippen LogP contribution in [0, 0.1) is 0 Å². The molecule has 172 valence electrons. The van der Waals surface area contributed by atoms with E-state index in [1.54, 1.807) is 6.92 Å². The third-order valence-electron chi connectivity index (χ3n) is 6.08. The van der Waals surface area contributed by atoms with Gasteiger partial charge in [0.25, 0.3) is 0 Å². The molecule has 0 bridgehead atoms. The third kappa shape index (κ3) is 5.37. The van der Waals surface area contributed by atoms with Gasteiger partial charge in [-0.3, -0.25) is 0 Å². The summed E-state index contributed by atoms with van der Waals surface area (Å²) in [5.41, 5.74) is 6.09. The first-order valence-corrected chi connectivity index (χ1v) is 11.6. The summed E-state index contributed by atoms with van der Waals surface area (Å²) >= 11 is 0. The topological polar surface area (TPSA) is 59.0 Å². The molecule has 4 rings (SSSR count). The molecule has 1 N–H and O–H groups in total. The fourth-order valence-electron chi connectivity index (χ4n) is 4.36. The molecule has 0 fully saturated rings. The number of anilines is 1. The van der Waals surface area contributed by atoms with E-state index in [1.165, 1.54) is 22.4 Å². The zero-order chi connectivity index (χ0) is 23.2. The first-order valence-electron chi connectivity index (χ1n) is 11.6. The van der Waals surface area contributed by atoms with E-state index in [4.69, 9.17) is 9.47 Å². The van der Waals surface area contributed by atoms with Gasteiger partial charge in [0, 0.05) is 30.5 Å². The second-order valence-corrected chi connectivity index (χ2v) is 8.41. The Bertz CT molecular complexity index is 1070. The monoisotopic (exact) mass is 445 g/mol. The number of nitrogens with zero attached hydrogens (tertiary/aromatic N) is 1. The van der Waals surface area contributed by atoms with Gasteiger partial charge in [0.2, 0.25) is 0 Å². The number of carboxylic acids is 1. The minimum atomic E-state index is -0.941. The molecule has 0 amide bonds. The number of fused-ring (bicyclic) bond motifs is 2. The van der Waals surface area contributed by atoms with Crippen molar-refractivity contribution in [3.05, 3.63) is 89.7 Å². The number of aliphatic carboxylic acids is 1. The maximum atomic E-state index is 11.3. The van der Waals surface area contributed by atoms with Gasteiger partial charge in [-0.25, -0.2) is 4.79 Å². The van der Waals surface area contributed by atoms with Crippen LogP contribution in [0.15, 0.2) is 78.5 Å². The van der Waals surface area contributed by atoms with E-state index in [-0.39, 0.29) is 6.04 Å². The van der Waals surface area contributed by atoms with Crippen LogP contribution in [0.1, 0.15) is 37.8 Å². The van der Waals surface area contributed by atoms with Crippen molar-refractivity contribution < 1.29 is 19.4 Å². The SMILES string of the molecule is CCOC(Cc1ccc(OCC(C)N2C=CC3=C(CCC=C3)c3ccccc32)cc1)C(=O)O. The van der Waals surface area contributed by atoms with Gasteiger partial charge >= 0.3 is 5.97 Å². The Morgan fingerprint density at radius 1 is 1.12 bits per heavy atom. The Morgan fingerprint density at radius 2 is 1.91 bits per heavy atom. The normalized spacial score (nSPS) is 16.6. The molecule has 1 heterocycles. The zero-order valence-corrected chi connectivity index (χ0v) is 19.2. The standard InChI is InChI=1S/C28H31NO4/c1-3-32-27(28(30)31)18-21-12-14-23(15-13-21)33-19-20(2)29-17-16-22-8-4-5-9-24(22)25-10-6-7-11-26(25)29/h4,6-8,10-17,20,27H,3,5,9,18-19H2,1-2H3,(H,30,31). The molecule has 0 spiro atoms. The number of hydrogen-bond acceptors (Lipinski definition) is 4. The zero-order valence-electron chi connectivity index (χ0n) is 19.2. The molecule has 1 aliphatic heterocycles. The highest BCUT2D eigenvalue weighted by Gasteiger charge is 2.22. The average Bonchev–Trinajstić information content (AvgIpc) is 3.00. The van der Waals surface area contributed by atoms with Gasteiger partial charge in [-0.05, 0) is 67.7 Å². The average molecular weight is 446 g/mol. The molecule has 0 saturated carbocycles. The lowest BCUT2D eigenvalue weighted by Gasteiger charge is -2.29. The Labute approximate surface area is 195 Å². The Hall–Kier alpha value is -3.31. The van der Waals surface area contributed by atoms with Crippen molar-refractivity contribution in [1.82, 2.24) is 0 Å². The van der Waals surface area contributed by atoms with Crippen LogP contribution < -0.4 is 9.64 Å². The number of ether oxygens (including phenoxy) is 2. The summed E-state index contributed by atoms with van der Waals surface area (Å²) in [5.74, 6) is -0.176. The number of carboxylic acid groups (broad SMARTS) is 1. The summed E-state index contributed by atoms with van der Waals surface area (Å²) < 4.78 is 11.4. The van der Waals surface area contributed by atoms with Crippen LogP contribution in [-0.2, 0) is 16.0 Å². The lowest BCUT2D eigenvalue weighted by atomic mass is 9.91. The second-order valence-electron chi connectivity index (χ2n) is 8.41. The van der Waals surface area contributed by atoms with Crippen molar-refractivity contribution in [1.29, 1.82) is 0 Å². The lowest BCUT2D eigenvalue weighted by molar-refractivity contribution is -0.149. The van der Waals surface area contributed by atoms with E-state index in [0.29, 0.717) is 19.6 Å². The van der Waals surface area contributed by atoms with Crippen molar-refractivity contribution in [2.24, 2.45) is 0 Å². The molecule has 2 aromatic carbocycles. The van der Waals surface area contributed by atoms with Crippen LogP contribution in [-0.4, -0.2) is 36.4 Å². The molecule has 2 atom stereocenters. The minimum Gasteiger partial charge on any atom is -0.491 e. The van der Waals surface area contributed by atoms with Crippen LogP contribution in [0.3, 0.4) is 0 Å². The summed E-state index contributed by atoms with van der Waals surface area (Å²) in [6.45, 7) is 4.86. The Morgan fingerprint density at radius 3 is 2.67 bits per heavy atom. The molecule has 33 heavy (non-hydrogen) atoms. The number of para-hydroxylation sites is 1. The van der Waals surface area contributed by atoms with Crippen molar-refractivity contribution in [2.75, 3.05) is 18.1 Å². The first-order chi connectivity index (χ1) is 16.1. The minimum absolute atomic E-state index is 0.127. The number of allylic oxidation sites excluding steroid dienone is 5. The van der Waals surface area contributed by atoms with Crippen LogP contribution in [0.4, 0.5) is 5.69 Å². The molecule has 0 aromatic heterocycles. The number of rotatable bonds is 9. The highest BCUT2D eigenvalue weighted by Crippen LogP contribution is 2.38. The van der Waals surface area contributed by atoms with E-state index < -0.39 is 12.1 Å². The van der Waals surface area contributed by atoms with Crippen LogP contribution >= 0.6 is 0 Å². The summed E-state index contributed by atoms with van der Waals surface area (Å²) in [7, 11) is 0. The van der Waals surface area contributed by atoms with Crippen LogP contribution in [0.25, 0.3) is 5.57 Å². The van der Waals surface area contributed by atoms with Gasteiger partial charge < -0.3 is 19.5 Å².